The maximum Gasteiger partial charge on any atom is 0.306 e. The van der Waals surface area contributed by atoms with E-state index in [1.165, 1.54) is 103 Å². The van der Waals surface area contributed by atoms with Crippen LogP contribution in [0.2, 0.25) is 0 Å². The Morgan fingerprint density at radius 1 is 0.371 bits per heavy atom. The quantitative estimate of drug-likeness (QED) is 0.0346. The molecule has 0 aliphatic heterocycles. The van der Waals surface area contributed by atoms with Gasteiger partial charge in [0, 0.05) is 19.4 Å². The van der Waals surface area contributed by atoms with Crippen molar-refractivity contribution < 1.29 is 23.8 Å². The molecule has 5 heteroatoms. The van der Waals surface area contributed by atoms with E-state index >= 15 is 0 Å². The number of carbonyl (C=O) groups is 2. The van der Waals surface area contributed by atoms with Crippen molar-refractivity contribution in [2.75, 3.05) is 19.8 Å². The van der Waals surface area contributed by atoms with Crippen molar-refractivity contribution in [3.8, 4) is 0 Å². The van der Waals surface area contributed by atoms with Crippen molar-refractivity contribution in [1.29, 1.82) is 0 Å². The number of allylic oxidation sites excluding steroid dienone is 14. The van der Waals surface area contributed by atoms with Gasteiger partial charge in [0.1, 0.15) is 6.61 Å². The molecule has 0 aliphatic carbocycles. The highest BCUT2D eigenvalue weighted by atomic mass is 16.6. The molecular formula is C57H98O5. The average molecular weight is 863 g/mol. The Kier molecular flexibility index (Phi) is 50.0. The van der Waals surface area contributed by atoms with Gasteiger partial charge in [-0.2, -0.15) is 0 Å². The summed E-state index contributed by atoms with van der Waals surface area (Å²) < 4.78 is 17.4. The smallest absolute Gasteiger partial charge is 0.306 e. The van der Waals surface area contributed by atoms with Crippen LogP contribution in [0, 0.1) is 0 Å². The predicted molar refractivity (Wildman–Crippen MR) is 270 cm³/mol. The van der Waals surface area contributed by atoms with Crippen molar-refractivity contribution in [2.24, 2.45) is 0 Å². The number of carbonyl (C=O) groups excluding carboxylic acids is 2. The van der Waals surface area contributed by atoms with Gasteiger partial charge in [-0.1, -0.05) is 196 Å². The van der Waals surface area contributed by atoms with E-state index in [1.807, 2.05) is 0 Å². The van der Waals surface area contributed by atoms with Gasteiger partial charge in [0.25, 0.3) is 0 Å². The zero-order valence-corrected chi connectivity index (χ0v) is 40.9. The van der Waals surface area contributed by atoms with Gasteiger partial charge < -0.3 is 14.2 Å². The van der Waals surface area contributed by atoms with Crippen molar-refractivity contribution in [2.45, 2.75) is 245 Å². The summed E-state index contributed by atoms with van der Waals surface area (Å²) in [5.41, 5.74) is 0. The van der Waals surface area contributed by atoms with E-state index in [2.05, 4.69) is 106 Å². The topological polar surface area (TPSA) is 61.8 Å². The lowest BCUT2D eigenvalue weighted by Gasteiger charge is -2.18. The molecule has 0 saturated carbocycles. The van der Waals surface area contributed by atoms with E-state index in [0.717, 1.165) is 103 Å². The van der Waals surface area contributed by atoms with E-state index in [9.17, 15) is 9.59 Å². The molecule has 0 aromatic rings. The molecule has 1 unspecified atom stereocenters. The Morgan fingerprint density at radius 3 is 1.18 bits per heavy atom. The molecule has 0 aromatic heterocycles. The van der Waals surface area contributed by atoms with E-state index in [1.54, 1.807) is 0 Å². The Labute approximate surface area is 384 Å². The van der Waals surface area contributed by atoms with Gasteiger partial charge in [0.05, 0.1) is 6.61 Å². The van der Waals surface area contributed by atoms with Gasteiger partial charge in [-0.15, -0.1) is 0 Å². The monoisotopic (exact) mass is 863 g/mol. The van der Waals surface area contributed by atoms with Crippen LogP contribution in [-0.4, -0.2) is 37.9 Å². The second-order valence-corrected chi connectivity index (χ2v) is 17.0. The van der Waals surface area contributed by atoms with Gasteiger partial charge in [-0.25, -0.2) is 0 Å². The van der Waals surface area contributed by atoms with Gasteiger partial charge >= 0.3 is 11.9 Å². The lowest BCUT2D eigenvalue weighted by Crippen LogP contribution is -2.30. The van der Waals surface area contributed by atoms with Crippen LogP contribution in [0.4, 0.5) is 0 Å². The van der Waals surface area contributed by atoms with Crippen LogP contribution in [0.5, 0.6) is 0 Å². The van der Waals surface area contributed by atoms with E-state index < -0.39 is 6.10 Å². The normalized spacial score (nSPS) is 12.9. The molecule has 0 aromatic carbocycles. The van der Waals surface area contributed by atoms with Crippen LogP contribution < -0.4 is 0 Å². The fourth-order valence-corrected chi connectivity index (χ4v) is 7.00. The second-order valence-electron chi connectivity index (χ2n) is 17.0. The fraction of sp³-hybridized carbons (Fsp3) is 0.719. The van der Waals surface area contributed by atoms with Gasteiger partial charge in [0.2, 0.25) is 0 Å². The third kappa shape index (κ3) is 49.7. The maximum atomic E-state index is 12.8. The zero-order valence-electron chi connectivity index (χ0n) is 40.9. The van der Waals surface area contributed by atoms with Gasteiger partial charge in [0.15, 0.2) is 6.10 Å². The van der Waals surface area contributed by atoms with Crippen molar-refractivity contribution in [3.05, 3.63) is 85.1 Å². The first-order valence-electron chi connectivity index (χ1n) is 26.1. The number of hydrogen-bond acceptors (Lipinski definition) is 5. The van der Waals surface area contributed by atoms with Gasteiger partial charge in [-0.3, -0.25) is 9.59 Å². The van der Waals surface area contributed by atoms with Crippen LogP contribution in [0.15, 0.2) is 85.1 Å². The van der Waals surface area contributed by atoms with Crippen molar-refractivity contribution >= 4 is 11.9 Å². The number of rotatable bonds is 47. The molecule has 0 heterocycles. The molecule has 1 atom stereocenters. The fourth-order valence-electron chi connectivity index (χ4n) is 7.00. The molecule has 62 heavy (non-hydrogen) atoms. The largest absolute Gasteiger partial charge is 0.462 e. The van der Waals surface area contributed by atoms with Crippen LogP contribution in [0.1, 0.15) is 239 Å². The van der Waals surface area contributed by atoms with Crippen molar-refractivity contribution in [3.63, 3.8) is 0 Å². The standard InChI is InChI=1S/C57H98O5/c1-4-7-10-13-16-19-22-25-26-27-28-29-30-31-34-37-40-43-46-49-52-60-53-55(62-57(59)51-48-45-42-39-36-33-24-21-18-15-12-9-6-3)54-61-56(58)50-47-44-41-38-35-32-23-20-17-14-11-8-5-2/h7,10,16,19-21,23-26,28-29,31,34,55H,4-6,8-9,11-15,17-18,22,27,30,32-33,35-54H2,1-3H3/b10-7-,19-16-,23-20-,24-21-,26-25-,29-28-,34-31-. The van der Waals surface area contributed by atoms with Crippen molar-refractivity contribution in [1.82, 2.24) is 0 Å². The number of esters is 2. The molecule has 0 amide bonds. The summed E-state index contributed by atoms with van der Waals surface area (Å²) >= 11 is 0. The summed E-state index contributed by atoms with van der Waals surface area (Å²) in [6.45, 7) is 7.61. The van der Waals surface area contributed by atoms with Crippen LogP contribution in [0.3, 0.4) is 0 Å². The van der Waals surface area contributed by atoms with Crippen LogP contribution in [0.25, 0.3) is 0 Å². The zero-order chi connectivity index (χ0) is 44.9. The molecule has 0 radical (unpaired) electrons. The Balaban J connectivity index is 4.34. The van der Waals surface area contributed by atoms with E-state index in [0.29, 0.717) is 19.4 Å². The molecule has 356 valence electrons. The third-order valence-electron chi connectivity index (χ3n) is 10.9. The number of hydrogen-bond donors (Lipinski definition) is 0. The molecule has 0 N–H and O–H groups in total. The number of unbranched alkanes of at least 4 members (excludes halogenated alkanes) is 22. The molecule has 0 spiro atoms. The Morgan fingerprint density at radius 2 is 0.726 bits per heavy atom. The highest BCUT2D eigenvalue weighted by Gasteiger charge is 2.17. The molecular weight excluding hydrogens is 765 g/mol. The first-order chi connectivity index (χ1) is 30.6. The summed E-state index contributed by atoms with van der Waals surface area (Å²) in [7, 11) is 0. The maximum absolute atomic E-state index is 12.8. The van der Waals surface area contributed by atoms with Gasteiger partial charge in [-0.05, 0) is 116 Å². The molecule has 0 fully saturated rings. The molecule has 0 bridgehead atoms. The summed E-state index contributed by atoms with van der Waals surface area (Å²) in [4.78, 5) is 25.4. The minimum Gasteiger partial charge on any atom is -0.462 e. The third-order valence-corrected chi connectivity index (χ3v) is 10.9. The molecule has 5 nitrogen and oxygen atoms in total. The summed E-state index contributed by atoms with van der Waals surface area (Å²) in [6, 6.07) is 0. The molecule has 0 aliphatic rings. The lowest BCUT2D eigenvalue weighted by atomic mass is 10.1. The van der Waals surface area contributed by atoms with Crippen LogP contribution in [-0.2, 0) is 23.8 Å². The molecule has 0 saturated heterocycles. The number of ether oxygens (including phenoxy) is 3. The summed E-state index contributed by atoms with van der Waals surface area (Å²) in [5.74, 6) is -0.432. The first-order valence-corrected chi connectivity index (χ1v) is 26.1. The SMILES string of the molecule is CC/C=C\C/C=C\C/C=C\C/C=C\C/C=C\CCCCCCOCC(COC(=O)CCCCCCC/C=C\CCCCCC)OC(=O)CCCCCCC/C=C\CCCCCC. The average Bonchev–Trinajstić information content (AvgIpc) is 3.27. The summed E-state index contributed by atoms with van der Waals surface area (Å²) in [6.07, 6.45) is 68.7. The summed E-state index contributed by atoms with van der Waals surface area (Å²) in [5, 5.41) is 0. The minimum atomic E-state index is -0.560. The molecule has 0 rings (SSSR count). The highest BCUT2D eigenvalue weighted by Crippen LogP contribution is 2.13. The van der Waals surface area contributed by atoms with E-state index in [-0.39, 0.29) is 25.2 Å². The lowest BCUT2D eigenvalue weighted by molar-refractivity contribution is -0.163. The van der Waals surface area contributed by atoms with Crippen LogP contribution >= 0.6 is 0 Å². The Bertz CT molecular complexity index is 1160. The Hall–Kier alpha value is -2.92. The minimum absolute atomic E-state index is 0.0642. The second kappa shape index (κ2) is 52.4. The highest BCUT2D eigenvalue weighted by molar-refractivity contribution is 5.70. The predicted octanol–water partition coefficient (Wildman–Crippen LogP) is 17.7. The van der Waals surface area contributed by atoms with E-state index in [4.69, 9.17) is 14.2 Å². The first kappa shape index (κ1) is 59.1.